The van der Waals surface area contributed by atoms with Crippen molar-refractivity contribution in [2.75, 3.05) is 0 Å². The number of hydrogen-bond acceptors (Lipinski definition) is 2. The fourth-order valence-corrected chi connectivity index (χ4v) is 1.73. The topological polar surface area (TPSA) is 37.9 Å². The van der Waals surface area contributed by atoms with Gasteiger partial charge in [-0.05, 0) is 24.3 Å². The van der Waals surface area contributed by atoms with Crippen molar-refractivity contribution in [1.82, 2.24) is 9.97 Å². The molecule has 0 spiro atoms. The van der Waals surface area contributed by atoms with Crippen LogP contribution in [-0.4, -0.2) is 9.97 Å². The van der Waals surface area contributed by atoms with E-state index in [9.17, 15) is 0 Å². The minimum Gasteiger partial charge on any atom is -0.484 e. The molecule has 1 aromatic carbocycles. The van der Waals surface area contributed by atoms with Gasteiger partial charge in [-0.3, -0.25) is 4.98 Å². The maximum Gasteiger partial charge on any atom is 0.154 e. The number of aromatic amines is 1. The third kappa shape index (κ3) is 1.99. The Bertz CT molecular complexity index is 616. The summed E-state index contributed by atoms with van der Waals surface area (Å²) in [5.41, 5.74) is 1.94. The molecule has 3 rings (SSSR count). The summed E-state index contributed by atoms with van der Waals surface area (Å²) >= 11 is 0. The Balaban J connectivity index is 1.82. The van der Waals surface area contributed by atoms with Crippen molar-refractivity contribution in [1.29, 1.82) is 0 Å². The van der Waals surface area contributed by atoms with Crippen molar-refractivity contribution < 1.29 is 4.74 Å². The van der Waals surface area contributed by atoms with Crippen LogP contribution in [0.5, 0.6) is 5.75 Å². The zero-order valence-corrected chi connectivity index (χ0v) is 9.18. The summed E-state index contributed by atoms with van der Waals surface area (Å²) in [6.45, 7) is 0.458. The van der Waals surface area contributed by atoms with Gasteiger partial charge in [-0.25, -0.2) is 0 Å². The molecule has 0 saturated heterocycles. The summed E-state index contributed by atoms with van der Waals surface area (Å²) in [6, 6.07) is 13.8. The molecule has 3 nitrogen and oxygen atoms in total. The summed E-state index contributed by atoms with van der Waals surface area (Å²) in [5, 5.41) is 1.04. The fourth-order valence-electron chi connectivity index (χ4n) is 1.73. The molecule has 0 atom stereocenters. The van der Waals surface area contributed by atoms with Gasteiger partial charge >= 0.3 is 0 Å². The average Bonchev–Trinajstić information content (AvgIpc) is 2.81. The van der Waals surface area contributed by atoms with Crippen LogP contribution in [0.2, 0.25) is 0 Å². The molecule has 2 heterocycles. The highest BCUT2D eigenvalue weighted by atomic mass is 16.5. The normalized spacial score (nSPS) is 10.6. The first-order valence-corrected chi connectivity index (χ1v) is 5.44. The fraction of sp³-hybridized carbons (Fsp3) is 0.0714. The van der Waals surface area contributed by atoms with Crippen LogP contribution in [0.25, 0.3) is 10.9 Å². The first kappa shape index (κ1) is 9.90. The molecule has 0 fully saturated rings. The van der Waals surface area contributed by atoms with Crippen molar-refractivity contribution >= 4 is 10.9 Å². The lowest BCUT2D eigenvalue weighted by Crippen LogP contribution is -1.96. The number of para-hydroxylation sites is 1. The van der Waals surface area contributed by atoms with Crippen LogP contribution in [-0.2, 0) is 6.61 Å². The largest absolute Gasteiger partial charge is 0.484 e. The maximum absolute atomic E-state index is 5.70. The monoisotopic (exact) mass is 223 g/mol. The van der Waals surface area contributed by atoms with Gasteiger partial charge in [0.05, 0.1) is 5.69 Å². The molecule has 0 aliphatic heterocycles. The van der Waals surface area contributed by atoms with Crippen molar-refractivity contribution in [2.24, 2.45) is 0 Å². The molecule has 0 aliphatic rings. The number of rotatable bonds is 3. The Hall–Kier alpha value is -2.29. The van der Waals surface area contributed by atoms with Crippen molar-refractivity contribution in [2.45, 2.75) is 6.61 Å². The van der Waals surface area contributed by atoms with Crippen molar-refractivity contribution in [3.8, 4) is 5.75 Å². The Morgan fingerprint density at radius 1 is 1.12 bits per heavy atom. The molecule has 0 unspecified atom stereocenters. The molecule has 0 saturated carbocycles. The summed E-state index contributed by atoms with van der Waals surface area (Å²) < 4.78 is 5.70. The van der Waals surface area contributed by atoms with Crippen molar-refractivity contribution in [3.63, 3.8) is 0 Å². The molecule has 3 aromatic rings. The molecule has 1 radical (unpaired) electrons. The van der Waals surface area contributed by atoms with E-state index < -0.39 is 0 Å². The Morgan fingerprint density at radius 2 is 2.00 bits per heavy atom. The first-order chi connectivity index (χ1) is 8.43. The van der Waals surface area contributed by atoms with Gasteiger partial charge < -0.3 is 9.72 Å². The van der Waals surface area contributed by atoms with E-state index in [1.807, 2.05) is 42.5 Å². The van der Waals surface area contributed by atoms with Crippen LogP contribution in [0.15, 0.2) is 48.7 Å². The second-order valence-corrected chi connectivity index (χ2v) is 3.73. The highest BCUT2D eigenvalue weighted by Crippen LogP contribution is 2.24. The van der Waals surface area contributed by atoms with Gasteiger partial charge in [0.2, 0.25) is 0 Å². The lowest BCUT2D eigenvalue weighted by Gasteiger charge is -2.03. The van der Waals surface area contributed by atoms with E-state index >= 15 is 0 Å². The molecule has 0 bridgehead atoms. The molecule has 17 heavy (non-hydrogen) atoms. The molecule has 3 heteroatoms. The van der Waals surface area contributed by atoms with E-state index in [-0.39, 0.29) is 0 Å². The van der Waals surface area contributed by atoms with Crippen LogP contribution < -0.4 is 4.74 Å². The summed E-state index contributed by atoms with van der Waals surface area (Å²) in [7, 11) is 0. The zero-order chi connectivity index (χ0) is 11.5. The number of pyridine rings is 1. The van der Waals surface area contributed by atoms with Gasteiger partial charge in [0.25, 0.3) is 0 Å². The minimum atomic E-state index is 0.458. The average molecular weight is 223 g/mol. The lowest BCUT2D eigenvalue weighted by molar-refractivity contribution is 0.304. The van der Waals surface area contributed by atoms with E-state index in [4.69, 9.17) is 4.74 Å². The Kier molecular flexibility index (Phi) is 2.50. The lowest BCUT2D eigenvalue weighted by atomic mass is 10.2. The Morgan fingerprint density at radius 3 is 2.88 bits per heavy atom. The Labute approximate surface area is 99.1 Å². The number of aromatic nitrogens is 2. The third-order valence-electron chi connectivity index (χ3n) is 2.57. The minimum absolute atomic E-state index is 0.458. The number of benzene rings is 1. The van der Waals surface area contributed by atoms with E-state index in [1.165, 1.54) is 0 Å². The van der Waals surface area contributed by atoms with E-state index in [0.717, 1.165) is 22.3 Å². The van der Waals surface area contributed by atoms with Crippen molar-refractivity contribution in [3.05, 3.63) is 60.6 Å². The van der Waals surface area contributed by atoms with Gasteiger partial charge in [-0.2, -0.15) is 0 Å². The number of fused-ring (bicyclic) bond motifs is 1. The summed E-state index contributed by atoms with van der Waals surface area (Å²) in [4.78, 5) is 7.26. The quantitative estimate of drug-likeness (QED) is 0.741. The number of nitrogens with one attached hydrogen (secondary N) is 1. The predicted molar refractivity (Wildman–Crippen MR) is 65.7 cm³/mol. The van der Waals surface area contributed by atoms with Crippen LogP contribution in [0, 0.1) is 6.20 Å². The molecule has 0 amide bonds. The maximum atomic E-state index is 5.70. The number of H-pyrrole nitrogens is 1. The van der Waals surface area contributed by atoms with E-state index in [0.29, 0.717) is 6.61 Å². The standard InChI is InChI=1S/C14H11N2O/c1-2-7-13-12(6-1)14(9-16-13)17-10-11-5-3-4-8-15-11/h1-8,16H,10H2. The van der Waals surface area contributed by atoms with Crippen LogP contribution in [0.3, 0.4) is 0 Å². The van der Waals surface area contributed by atoms with Crippen LogP contribution in [0.1, 0.15) is 5.69 Å². The molecular formula is C14H11N2O. The summed E-state index contributed by atoms with van der Waals surface area (Å²) in [5.74, 6) is 0.742. The van der Waals surface area contributed by atoms with E-state index in [2.05, 4.69) is 16.2 Å². The number of ether oxygens (including phenoxy) is 1. The van der Waals surface area contributed by atoms with Gasteiger partial charge in [-0.15, -0.1) is 0 Å². The highest BCUT2D eigenvalue weighted by molar-refractivity contribution is 5.85. The SMILES string of the molecule is [c]1[nH]c2ccccc2c1OCc1ccccn1. The zero-order valence-electron chi connectivity index (χ0n) is 9.18. The predicted octanol–water partition coefficient (Wildman–Crippen LogP) is 2.94. The van der Waals surface area contributed by atoms with E-state index in [1.54, 1.807) is 6.20 Å². The van der Waals surface area contributed by atoms with Gasteiger partial charge in [0, 0.05) is 17.1 Å². The highest BCUT2D eigenvalue weighted by Gasteiger charge is 2.04. The molecule has 83 valence electrons. The van der Waals surface area contributed by atoms with Gasteiger partial charge in [0.15, 0.2) is 5.75 Å². The molecule has 2 aromatic heterocycles. The van der Waals surface area contributed by atoms with Gasteiger partial charge in [-0.1, -0.05) is 18.2 Å². The van der Waals surface area contributed by atoms with Crippen LogP contribution >= 0.6 is 0 Å². The smallest absolute Gasteiger partial charge is 0.154 e. The molecule has 1 N–H and O–H groups in total. The van der Waals surface area contributed by atoms with Crippen LogP contribution in [0.4, 0.5) is 0 Å². The van der Waals surface area contributed by atoms with Gasteiger partial charge in [0.1, 0.15) is 12.8 Å². The summed E-state index contributed by atoms with van der Waals surface area (Å²) in [6.07, 6.45) is 4.77. The first-order valence-electron chi connectivity index (χ1n) is 5.44. The second-order valence-electron chi connectivity index (χ2n) is 3.73. The number of hydrogen-bond donors (Lipinski definition) is 1. The number of nitrogens with zero attached hydrogens (tertiary/aromatic N) is 1. The molecular weight excluding hydrogens is 212 g/mol. The third-order valence-corrected chi connectivity index (χ3v) is 2.57. The molecule has 0 aliphatic carbocycles. The second kappa shape index (κ2) is 4.29.